The first-order valence-corrected chi connectivity index (χ1v) is 9.55. The lowest BCUT2D eigenvalue weighted by atomic mass is 9.95. The molecule has 0 saturated carbocycles. The monoisotopic (exact) mass is 416 g/mol. The number of Topliss-reactive ketones (excluding diaryl/α,β-unsaturated/α-hetero) is 1. The van der Waals surface area contributed by atoms with Gasteiger partial charge >= 0.3 is 0 Å². The van der Waals surface area contributed by atoms with Gasteiger partial charge in [0.15, 0.2) is 0 Å². The number of para-hydroxylation sites is 1. The molecule has 31 heavy (non-hydrogen) atoms. The maximum atomic E-state index is 13.1. The van der Waals surface area contributed by atoms with Crippen molar-refractivity contribution < 1.29 is 24.2 Å². The molecule has 0 bridgehead atoms. The SMILES string of the molecule is COc1cccc(N2C(=O)C(=O)/C(=C(/O)c3ccccc3OC)C2c2ccncc2)c1. The summed E-state index contributed by atoms with van der Waals surface area (Å²) in [5, 5.41) is 11.2. The number of ether oxygens (including phenoxy) is 2. The summed E-state index contributed by atoms with van der Waals surface area (Å²) in [4.78, 5) is 31.7. The van der Waals surface area contributed by atoms with Crippen LogP contribution in [0.1, 0.15) is 17.2 Å². The topological polar surface area (TPSA) is 89.0 Å². The Bertz CT molecular complexity index is 1170. The van der Waals surface area contributed by atoms with Crippen molar-refractivity contribution in [3.8, 4) is 11.5 Å². The molecule has 0 spiro atoms. The molecule has 1 amide bonds. The molecular formula is C24H20N2O5. The molecule has 2 heterocycles. The molecule has 0 radical (unpaired) electrons. The largest absolute Gasteiger partial charge is 0.507 e. The number of carbonyl (C=O) groups is 2. The highest BCUT2D eigenvalue weighted by Gasteiger charge is 2.47. The zero-order valence-electron chi connectivity index (χ0n) is 17.0. The van der Waals surface area contributed by atoms with Crippen LogP contribution in [0.15, 0.2) is 78.6 Å². The number of anilines is 1. The van der Waals surface area contributed by atoms with Crippen molar-refractivity contribution in [3.63, 3.8) is 0 Å². The molecule has 1 atom stereocenters. The van der Waals surface area contributed by atoms with Gasteiger partial charge < -0.3 is 14.6 Å². The molecule has 3 aromatic rings. The Morgan fingerprint density at radius 2 is 1.71 bits per heavy atom. The van der Waals surface area contributed by atoms with Gasteiger partial charge in [0.25, 0.3) is 11.7 Å². The Labute approximate surface area is 179 Å². The fourth-order valence-electron chi connectivity index (χ4n) is 3.71. The summed E-state index contributed by atoms with van der Waals surface area (Å²) < 4.78 is 10.6. The molecule has 1 saturated heterocycles. The van der Waals surface area contributed by atoms with Crippen LogP contribution in [0.3, 0.4) is 0 Å². The average molecular weight is 416 g/mol. The van der Waals surface area contributed by atoms with E-state index in [1.54, 1.807) is 73.1 Å². The summed E-state index contributed by atoms with van der Waals surface area (Å²) in [6.45, 7) is 0. The fourth-order valence-corrected chi connectivity index (χ4v) is 3.71. The third kappa shape index (κ3) is 3.50. The molecule has 1 fully saturated rings. The zero-order chi connectivity index (χ0) is 22.0. The number of aliphatic hydroxyl groups excluding tert-OH is 1. The smallest absolute Gasteiger partial charge is 0.300 e. The summed E-state index contributed by atoms with van der Waals surface area (Å²) in [5.41, 5.74) is 1.41. The van der Waals surface area contributed by atoms with E-state index in [2.05, 4.69) is 4.98 Å². The second-order valence-corrected chi connectivity index (χ2v) is 6.85. The number of nitrogens with zero attached hydrogens (tertiary/aromatic N) is 2. The van der Waals surface area contributed by atoms with E-state index in [0.717, 1.165) is 0 Å². The van der Waals surface area contributed by atoms with Crippen molar-refractivity contribution >= 4 is 23.1 Å². The first-order valence-electron chi connectivity index (χ1n) is 9.55. The Kier molecular flexibility index (Phi) is 5.41. The van der Waals surface area contributed by atoms with Gasteiger partial charge in [-0.2, -0.15) is 0 Å². The Balaban J connectivity index is 1.96. The maximum absolute atomic E-state index is 13.1. The standard InChI is InChI=1S/C24H20N2O5/c1-30-17-7-5-6-16(14-17)26-21(15-10-12-25-13-11-15)20(23(28)24(26)29)22(27)18-8-3-4-9-19(18)31-2/h3-14,21,27H,1-2H3/b22-20+. The lowest BCUT2D eigenvalue weighted by Crippen LogP contribution is -2.29. The van der Waals surface area contributed by atoms with Gasteiger partial charge in [0.1, 0.15) is 17.3 Å². The number of hydrogen-bond acceptors (Lipinski definition) is 6. The van der Waals surface area contributed by atoms with Crippen molar-refractivity contribution in [2.24, 2.45) is 0 Å². The number of carbonyl (C=O) groups excluding carboxylic acids is 2. The van der Waals surface area contributed by atoms with Gasteiger partial charge in [0, 0.05) is 24.1 Å². The average Bonchev–Trinajstić information content (AvgIpc) is 3.09. The molecule has 1 N–H and O–H groups in total. The van der Waals surface area contributed by atoms with Gasteiger partial charge in [-0.15, -0.1) is 0 Å². The number of amides is 1. The molecule has 7 heteroatoms. The van der Waals surface area contributed by atoms with Crippen molar-refractivity contribution in [3.05, 3.63) is 89.8 Å². The quantitative estimate of drug-likeness (QED) is 0.387. The number of aliphatic hydroxyl groups is 1. The van der Waals surface area contributed by atoms with E-state index in [0.29, 0.717) is 28.3 Å². The highest BCUT2D eigenvalue weighted by Crippen LogP contribution is 2.43. The Hall–Kier alpha value is -4.13. The van der Waals surface area contributed by atoms with Crippen LogP contribution < -0.4 is 14.4 Å². The van der Waals surface area contributed by atoms with Crippen molar-refractivity contribution in [1.29, 1.82) is 0 Å². The predicted octanol–water partition coefficient (Wildman–Crippen LogP) is 3.73. The number of aromatic nitrogens is 1. The molecule has 1 aliphatic rings. The van der Waals surface area contributed by atoms with Gasteiger partial charge in [0.2, 0.25) is 0 Å². The zero-order valence-corrected chi connectivity index (χ0v) is 17.0. The first kappa shape index (κ1) is 20.2. The number of methoxy groups -OCH3 is 2. The second kappa shape index (κ2) is 8.31. The lowest BCUT2D eigenvalue weighted by Gasteiger charge is -2.25. The van der Waals surface area contributed by atoms with Crippen LogP contribution in [-0.4, -0.2) is 36.0 Å². The van der Waals surface area contributed by atoms with Crippen LogP contribution >= 0.6 is 0 Å². The van der Waals surface area contributed by atoms with Crippen LogP contribution in [0, 0.1) is 0 Å². The summed E-state index contributed by atoms with van der Waals surface area (Å²) >= 11 is 0. The molecule has 2 aromatic carbocycles. The predicted molar refractivity (Wildman–Crippen MR) is 115 cm³/mol. The number of ketones is 1. The first-order chi connectivity index (χ1) is 15.1. The Morgan fingerprint density at radius 3 is 2.42 bits per heavy atom. The molecule has 156 valence electrons. The summed E-state index contributed by atoms with van der Waals surface area (Å²) in [5.74, 6) is -0.902. The minimum Gasteiger partial charge on any atom is -0.507 e. The highest BCUT2D eigenvalue weighted by molar-refractivity contribution is 6.51. The van der Waals surface area contributed by atoms with E-state index in [9.17, 15) is 14.7 Å². The van der Waals surface area contributed by atoms with Crippen molar-refractivity contribution in [2.75, 3.05) is 19.1 Å². The summed E-state index contributed by atoms with van der Waals surface area (Å²) in [6, 6.07) is 16.2. The van der Waals surface area contributed by atoms with Crippen LogP contribution in [0.2, 0.25) is 0 Å². The van der Waals surface area contributed by atoms with Gasteiger partial charge in [-0.1, -0.05) is 18.2 Å². The normalized spacial score (nSPS) is 17.6. The third-order valence-electron chi connectivity index (χ3n) is 5.16. The van der Waals surface area contributed by atoms with E-state index >= 15 is 0 Å². The molecule has 1 aromatic heterocycles. The fraction of sp³-hybridized carbons (Fsp3) is 0.125. The molecule has 1 unspecified atom stereocenters. The Morgan fingerprint density at radius 1 is 0.968 bits per heavy atom. The maximum Gasteiger partial charge on any atom is 0.300 e. The highest BCUT2D eigenvalue weighted by atomic mass is 16.5. The minimum atomic E-state index is -0.847. The van der Waals surface area contributed by atoms with E-state index in [1.807, 2.05) is 0 Å². The van der Waals surface area contributed by atoms with Gasteiger partial charge in [-0.3, -0.25) is 19.5 Å². The molecule has 4 rings (SSSR count). The van der Waals surface area contributed by atoms with Crippen molar-refractivity contribution in [1.82, 2.24) is 4.98 Å². The van der Waals surface area contributed by atoms with Crippen molar-refractivity contribution in [2.45, 2.75) is 6.04 Å². The molecule has 7 nitrogen and oxygen atoms in total. The van der Waals surface area contributed by atoms with E-state index in [1.165, 1.54) is 19.1 Å². The number of rotatable bonds is 5. The van der Waals surface area contributed by atoms with Crippen LogP contribution in [0.25, 0.3) is 5.76 Å². The van der Waals surface area contributed by atoms with Crippen LogP contribution in [-0.2, 0) is 9.59 Å². The molecular weight excluding hydrogens is 396 g/mol. The van der Waals surface area contributed by atoms with Crippen LogP contribution in [0.4, 0.5) is 5.69 Å². The lowest BCUT2D eigenvalue weighted by molar-refractivity contribution is -0.132. The van der Waals surface area contributed by atoms with E-state index in [-0.39, 0.29) is 11.3 Å². The second-order valence-electron chi connectivity index (χ2n) is 6.85. The summed E-state index contributed by atoms with van der Waals surface area (Å²) in [6.07, 6.45) is 3.15. The number of pyridine rings is 1. The van der Waals surface area contributed by atoms with E-state index < -0.39 is 17.7 Å². The van der Waals surface area contributed by atoms with Gasteiger partial charge in [-0.25, -0.2) is 0 Å². The number of benzene rings is 2. The van der Waals surface area contributed by atoms with Crippen LogP contribution in [0.5, 0.6) is 11.5 Å². The third-order valence-corrected chi connectivity index (χ3v) is 5.16. The number of hydrogen-bond donors (Lipinski definition) is 1. The molecule has 0 aliphatic carbocycles. The van der Waals surface area contributed by atoms with E-state index in [4.69, 9.17) is 9.47 Å². The minimum absolute atomic E-state index is 0.0245. The van der Waals surface area contributed by atoms with Gasteiger partial charge in [-0.05, 0) is 42.0 Å². The summed E-state index contributed by atoms with van der Waals surface area (Å²) in [7, 11) is 3.00. The van der Waals surface area contributed by atoms with Gasteiger partial charge in [0.05, 0.1) is 31.4 Å². The molecule has 1 aliphatic heterocycles.